The summed E-state index contributed by atoms with van der Waals surface area (Å²) in [5, 5.41) is 0. The Balaban J connectivity index is 1.63. The van der Waals surface area contributed by atoms with Crippen LogP contribution in [0.15, 0.2) is 12.2 Å². The van der Waals surface area contributed by atoms with E-state index < -0.39 is 11.5 Å². The van der Waals surface area contributed by atoms with Crippen molar-refractivity contribution < 1.29 is 19.1 Å². The van der Waals surface area contributed by atoms with Crippen molar-refractivity contribution in [3.05, 3.63) is 12.2 Å². The van der Waals surface area contributed by atoms with Crippen LogP contribution >= 0.6 is 0 Å². The minimum atomic E-state index is -0.585. The van der Waals surface area contributed by atoms with E-state index in [0.717, 1.165) is 12.8 Å². The van der Waals surface area contributed by atoms with Gasteiger partial charge in [-0.25, -0.2) is 0 Å². The Bertz CT molecular complexity index is 510. The monoisotopic (exact) mass is 291 g/mol. The summed E-state index contributed by atoms with van der Waals surface area (Å²) in [6, 6.07) is 0.320. The molecule has 0 aromatic rings. The van der Waals surface area contributed by atoms with E-state index >= 15 is 0 Å². The highest BCUT2D eigenvalue weighted by atomic mass is 16.5. The van der Waals surface area contributed by atoms with Crippen molar-refractivity contribution in [2.24, 2.45) is 11.8 Å². The average molecular weight is 291 g/mol. The number of carbonyl (C=O) groups is 2. The molecule has 5 heteroatoms. The zero-order valence-electron chi connectivity index (χ0n) is 12.3. The Morgan fingerprint density at radius 3 is 2.86 bits per heavy atom. The third-order valence-electron chi connectivity index (χ3n) is 5.62. The summed E-state index contributed by atoms with van der Waals surface area (Å²) in [6.07, 6.45) is 9.42. The lowest BCUT2D eigenvalue weighted by Gasteiger charge is -2.32. The molecule has 1 aliphatic carbocycles. The fraction of sp³-hybridized carbons (Fsp3) is 0.750. The summed E-state index contributed by atoms with van der Waals surface area (Å²) in [4.78, 5) is 26.9. The van der Waals surface area contributed by atoms with Crippen molar-refractivity contribution in [2.75, 3.05) is 13.7 Å². The van der Waals surface area contributed by atoms with Crippen molar-refractivity contribution in [3.8, 4) is 0 Å². The topological polar surface area (TPSA) is 55.8 Å². The predicted octanol–water partition coefficient (Wildman–Crippen LogP) is 1.27. The van der Waals surface area contributed by atoms with Crippen LogP contribution in [0.4, 0.5) is 0 Å². The second-order valence-corrected chi connectivity index (χ2v) is 6.68. The zero-order chi connectivity index (χ0) is 14.6. The lowest BCUT2D eigenvalue weighted by atomic mass is 9.77. The number of hydrogen-bond donors (Lipinski definition) is 0. The molecule has 3 aliphatic heterocycles. The van der Waals surface area contributed by atoms with E-state index in [-0.39, 0.29) is 23.9 Å². The number of nitrogens with zero attached hydrogens (tertiary/aromatic N) is 1. The van der Waals surface area contributed by atoms with Gasteiger partial charge >= 0.3 is 5.97 Å². The van der Waals surface area contributed by atoms with Gasteiger partial charge in [0.25, 0.3) is 0 Å². The fourth-order valence-electron chi connectivity index (χ4n) is 4.64. The molecule has 1 spiro atoms. The number of hydrogen-bond acceptors (Lipinski definition) is 4. The van der Waals surface area contributed by atoms with Gasteiger partial charge in [0.15, 0.2) is 0 Å². The molecule has 2 bridgehead atoms. The molecule has 0 unspecified atom stereocenters. The second-order valence-electron chi connectivity index (χ2n) is 6.68. The van der Waals surface area contributed by atoms with Gasteiger partial charge in [-0.1, -0.05) is 31.4 Å². The van der Waals surface area contributed by atoms with Gasteiger partial charge < -0.3 is 14.4 Å². The largest absolute Gasteiger partial charge is 0.469 e. The van der Waals surface area contributed by atoms with Crippen LogP contribution in [0.2, 0.25) is 0 Å². The van der Waals surface area contributed by atoms with Crippen LogP contribution in [0, 0.1) is 11.8 Å². The highest BCUT2D eigenvalue weighted by Crippen LogP contribution is 2.53. The van der Waals surface area contributed by atoms with E-state index in [1.165, 1.54) is 26.4 Å². The summed E-state index contributed by atoms with van der Waals surface area (Å²) >= 11 is 0. The van der Waals surface area contributed by atoms with Crippen molar-refractivity contribution in [2.45, 2.75) is 49.9 Å². The summed E-state index contributed by atoms with van der Waals surface area (Å²) in [7, 11) is 1.38. The lowest BCUT2D eigenvalue weighted by molar-refractivity contribution is -0.151. The first-order valence-electron chi connectivity index (χ1n) is 7.92. The Morgan fingerprint density at radius 2 is 2.14 bits per heavy atom. The first-order chi connectivity index (χ1) is 10.2. The Kier molecular flexibility index (Phi) is 2.89. The molecule has 3 fully saturated rings. The van der Waals surface area contributed by atoms with Gasteiger partial charge in [-0.15, -0.1) is 0 Å². The average Bonchev–Trinajstić information content (AvgIpc) is 3.16. The van der Waals surface area contributed by atoms with E-state index in [1.807, 2.05) is 17.1 Å². The molecular formula is C16H21NO4. The van der Waals surface area contributed by atoms with Crippen LogP contribution in [0.1, 0.15) is 32.1 Å². The number of likely N-dealkylation sites (tertiary alicyclic amines) is 1. The molecule has 21 heavy (non-hydrogen) atoms. The number of rotatable bonds is 2. The molecule has 4 atom stereocenters. The summed E-state index contributed by atoms with van der Waals surface area (Å²) < 4.78 is 10.9. The number of esters is 1. The van der Waals surface area contributed by atoms with E-state index in [2.05, 4.69) is 0 Å². The third-order valence-corrected chi connectivity index (χ3v) is 5.62. The lowest BCUT2D eigenvalue weighted by Crippen LogP contribution is -2.42. The van der Waals surface area contributed by atoms with Crippen LogP contribution in [0.3, 0.4) is 0 Å². The highest BCUT2D eigenvalue weighted by Gasteiger charge is 2.67. The van der Waals surface area contributed by atoms with E-state index in [9.17, 15) is 9.59 Å². The number of fused-ring (bicyclic) bond motifs is 1. The maximum Gasteiger partial charge on any atom is 0.312 e. The third kappa shape index (κ3) is 1.73. The molecule has 3 heterocycles. The first-order valence-corrected chi connectivity index (χ1v) is 7.92. The van der Waals surface area contributed by atoms with Crippen molar-refractivity contribution in [1.29, 1.82) is 0 Å². The molecule has 4 aliphatic rings. The normalized spacial score (nSPS) is 41.7. The molecule has 114 valence electrons. The van der Waals surface area contributed by atoms with Gasteiger partial charge in [0.2, 0.25) is 5.91 Å². The summed E-state index contributed by atoms with van der Waals surface area (Å²) in [5.74, 6) is -1.10. The minimum absolute atomic E-state index is 0.0872. The van der Waals surface area contributed by atoms with Gasteiger partial charge in [-0.2, -0.15) is 0 Å². The van der Waals surface area contributed by atoms with Crippen LogP contribution < -0.4 is 0 Å². The standard InChI is InChI=1S/C16H21NO4/c1-20-15(19)12-11-7-8-16(21-11)9-17(14(18)13(12)16)10-5-3-2-4-6-10/h7-8,10-13H,2-6,9H2,1H3/t11-,12+,13+,16-/m1/s1. The smallest absolute Gasteiger partial charge is 0.312 e. The number of carbonyl (C=O) groups excluding carboxylic acids is 2. The molecule has 1 saturated carbocycles. The minimum Gasteiger partial charge on any atom is -0.469 e. The molecule has 0 N–H and O–H groups in total. The molecule has 0 radical (unpaired) electrons. The quantitative estimate of drug-likeness (QED) is 0.568. The van der Waals surface area contributed by atoms with Gasteiger partial charge in [0.05, 0.1) is 25.7 Å². The molecule has 1 amide bonds. The molecule has 0 aromatic heterocycles. The summed E-state index contributed by atoms with van der Waals surface area (Å²) in [5.41, 5.74) is -0.585. The summed E-state index contributed by atoms with van der Waals surface area (Å²) in [6.45, 7) is 0.599. The molecular weight excluding hydrogens is 270 g/mol. The highest BCUT2D eigenvalue weighted by molar-refractivity contribution is 5.91. The van der Waals surface area contributed by atoms with Gasteiger partial charge in [0, 0.05) is 6.04 Å². The van der Waals surface area contributed by atoms with Gasteiger partial charge in [-0.05, 0) is 12.8 Å². The van der Waals surface area contributed by atoms with E-state index in [1.54, 1.807) is 0 Å². The van der Waals surface area contributed by atoms with E-state index in [4.69, 9.17) is 9.47 Å². The number of methoxy groups -OCH3 is 1. The Labute approximate surface area is 124 Å². The van der Waals surface area contributed by atoms with Crippen molar-refractivity contribution in [3.63, 3.8) is 0 Å². The maximum absolute atomic E-state index is 12.9. The first kappa shape index (κ1) is 13.3. The zero-order valence-corrected chi connectivity index (χ0v) is 12.3. The SMILES string of the molecule is COC(=O)[C@@H]1[C@H]2C(=O)N(C3CCCCC3)C[C@]23C=C[C@H]1O3. The van der Waals surface area contributed by atoms with Crippen LogP contribution in [0.5, 0.6) is 0 Å². The van der Waals surface area contributed by atoms with Crippen LogP contribution in [0.25, 0.3) is 0 Å². The Hall–Kier alpha value is -1.36. The second kappa shape index (κ2) is 4.57. The number of amides is 1. The van der Waals surface area contributed by atoms with Crippen molar-refractivity contribution in [1.82, 2.24) is 4.90 Å². The number of ether oxygens (including phenoxy) is 2. The predicted molar refractivity (Wildman–Crippen MR) is 74.3 cm³/mol. The van der Waals surface area contributed by atoms with Gasteiger partial charge in [0.1, 0.15) is 11.5 Å². The van der Waals surface area contributed by atoms with Crippen LogP contribution in [-0.4, -0.2) is 48.2 Å². The molecule has 5 nitrogen and oxygen atoms in total. The molecule has 4 rings (SSSR count). The van der Waals surface area contributed by atoms with Crippen LogP contribution in [-0.2, 0) is 19.1 Å². The maximum atomic E-state index is 12.9. The van der Waals surface area contributed by atoms with Gasteiger partial charge in [-0.3, -0.25) is 9.59 Å². The van der Waals surface area contributed by atoms with Crippen molar-refractivity contribution >= 4 is 11.9 Å². The van der Waals surface area contributed by atoms with E-state index in [0.29, 0.717) is 12.6 Å². The Morgan fingerprint density at radius 1 is 1.38 bits per heavy atom. The molecule has 0 aromatic carbocycles. The fourth-order valence-corrected chi connectivity index (χ4v) is 4.64. The molecule has 2 saturated heterocycles.